The highest BCUT2D eigenvalue weighted by Gasteiger charge is 2.21. The van der Waals surface area contributed by atoms with Crippen LogP contribution < -0.4 is 0 Å². The fourth-order valence-corrected chi connectivity index (χ4v) is 2.47. The maximum absolute atomic E-state index is 5.70. The van der Waals surface area contributed by atoms with Crippen LogP contribution in [-0.2, 0) is 4.74 Å². The Morgan fingerprint density at radius 3 is 2.83 bits per heavy atom. The van der Waals surface area contributed by atoms with Gasteiger partial charge in [0, 0.05) is 16.9 Å². The van der Waals surface area contributed by atoms with Gasteiger partial charge in [-0.3, -0.25) is 0 Å². The zero-order chi connectivity index (χ0) is 8.97. The molecule has 0 radical (unpaired) electrons. The van der Waals surface area contributed by atoms with Crippen LogP contribution in [0.15, 0.2) is 0 Å². The van der Waals surface area contributed by atoms with Crippen molar-refractivity contribution in [3.8, 4) is 0 Å². The lowest BCUT2D eigenvalue weighted by atomic mass is 10.2. The van der Waals surface area contributed by atoms with Gasteiger partial charge in [0.2, 0.25) is 0 Å². The van der Waals surface area contributed by atoms with E-state index < -0.39 is 0 Å². The van der Waals surface area contributed by atoms with Gasteiger partial charge in [0.15, 0.2) is 0 Å². The Morgan fingerprint density at radius 1 is 1.58 bits per heavy atom. The average molecular weight is 209 g/mol. The molecule has 1 saturated heterocycles. The van der Waals surface area contributed by atoms with E-state index in [1.165, 1.54) is 12.8 Å². The summed E-state index contributed by atoms with van der Waals surface area (Å²) < 4.78 is 5.69. The van der Waals surface area contributed by atoms with Crippen LogP contribution in [0.3, 0.4) is 0 Å². The summed E-state index contributed by atoms with van der Waals surface area (Å²) in [6.07, 6.45) is 3.40. The van der Waals surface area contributed by atoms with E-state index >= 15 is 0 Å². The van der Waals surface area contributed by atoms with E-state index in [0.717, 1.165) is 11.6 Å². The molecule has 0 N–H and O–H groups in total. The van der Waals surface area contributed by atoms with Gasteiger partial charge in [0.25, 0.3) is 0 Å². The summed E-state index contributed by atoms with van der Waals surface area (Å²) in [5.41, 5.74) is 0. The van der Waals surface area contributed by atoms with Crippen LogP contribution in [-0.4, -0.2) is 29.1 Å². The highest BCUT2D eigenvalue weighted by atomic mass is 35.5. The third kappa shape index (κ3) is 3.55. The van der Waals surface area contributed by atoms with Gasteiger partial charge in [-0.25, -0.2) is 0 Å². The monoisotopic (exact) mass is 208 g/mol. The molecule has 0 spiro atoms. The second-order valence-electron chi connectivity index (χ2n) is 3.44. The Balaban J connectivity index is 2.07. The van der Waals surface area contributed by atoms with Crippen molar-refractivity contribution in [2.75, 3.05) is 11.6 Å². The average Bonchev–Trinajstić information content (AvgIpc) is 2.47. The molecule has 1 nitrogen and oxygen atoms in total. The number of thioether (sulfide) groups is 1. The molecule has 3 atom stereocenters. The summed E-state index contributed by atoms with van der Waals surface area (Å²) in [4.78, 5) is 0. The van der Waals surface area contributed by atoms with Crippen molar-refractivity contribution < 1.29 is 4.74 Å². The van der Waals surface area contributed by atoms with Crippen molar-refractivity contribution in [2.45, 2.75) is 44.1 Å². The van der Waals surface area contributed by atoms with Crippen LogP contribution in [0.2, 0.25) is 0 Å². The summed E-state index contributed by atoms with van der Waals surface area (Å²) in [7, 11) is 0. The van der Waals surface area contributed by atoms with Crippen molar-refractivity contribution in [3.63, 3.8) is 0 Å². The molecule has 1 aliphatic rings. The third-order valence-electron chi connectivity index (χ3n) is 2.10. The smallest absolute Gasteiger partial charge is 0.0670 e. The Morgan fingerprint density at radius 2 is 2.33 bits per heavy atom. The van der Waals surface area contributed by atoms with Gasteiger partial charge in [-0.05, 0) is 19.8 Å². The Kier molecular flexibility index (Phi) is 4.77. The van der Waals surface area contributed by atoms with Gasteiger partial charge < -0.3 is 4.74 Å². The zero-order valence-electron chi connectivity index (χ0n) is 7.75. The number of rotatable bonds is 4. The van der Waals surface area contributed by atoms with Gasteiger partial charge in [-0.2, -0.15) is 11.8 Å². The molecule has 0 aromatic rings. The lowest BCUT2D eigenvalue weighted by Gasteiger charge is -2.12. The second-order valence-corrected chi connectivity index (χ2v) is 5.22. The van der Waals surface area contributed by atoms with Crippen LogP contribution in [0, 0.1) is 0 Å². The molecule has 0 saturated carbocycles. The number of alkyl halides is 1. The van der Waals surface area contributed by atoms with E-state index in [2.05, 4.69) is 13.8 Å². The first-order chi connectivity index (χ1) is 5.72. The van der Waals surface area contributed by atoms with Crippen LogP contribution in [0.5, 0.6) is 0 Å². The van der Waals surface area contributed by atoms with E-state index in [-0.39, 0.29) is 0 Å². The normalized spacial score (nSPS) is 32.2. The summed E-state index contributed by atoms with van der Waals surface area (Å²) in [5, 5.41) is 0.561. The highest BCUT2D eigenvalue weighted by Crippen LogP contribution is 2.24. The van der Waals surface area contributed by atoms with Gasteiger partial charge >= 0.3 is 0 Å². The molecule has 1 rings (SSSR count). The number of hydrogen-bond donors (Lipinski definition) is 0. The first kappa shape index (κ1) is 10.7. The van der Waals surface area contributed by atoms with Crippen LogP contribution >= 0.6 is 23.4 Å². The number of ether oxygens (including phenoxy) is 1. The number of halogens is 1. The fourth-order valence-electron chi connectivity index (χ4n) is 1.32. The molecule has 1 heterocycles. The van der Waals surface area contributed by atoms with Gasteiger partial charge in [0.05, 0.1) is 12.2 Å². The van der Waals surface area contributed by atoms with Gasteiger partial charge in [-0.1, -0.05) is 6.92 Å². The van der Waals surface area contributed by atoms with Crippen LogP contribution in [0.25, 0.3) is 0 Å². The lowest BCUT2D eigenvalue weighted by Crippen LogP contribution is -2.13. The second kappa shape index (κ2) is 5.36. The molecule has 0 aliphatic carbocycles. The molecule has 0 aromatic heterocycles. The van der Waals surface area contributed by atoms with Crippen molar-refractivity contribution in [3.05, 3.63) is 0 Å². The predicted molar refractivity (Wildman–Crippen MR) is 56.2 cm³/mol. The molecule has 0 aromatic carbocycles. The highest BCUT2D eigenvalue weighted by molar-refractivity contribution is 8.00. The molecule has 72 valence electrons. The first-order valence-electron chi connectivity index (χ1n) is 4.55. The molecule has 1 fully saturated rings. The Hall–Kier alpha value is 0.600. The Bertz CT molecular complexity index is 132. The molecule has 0 amide bonds. The molecule has 12 heavy (non-hydrogen) atoms. The van der Waals surface area contributed by atoms with E-state index in [0.29, 0.717) is 17.5 Å². The largest absolute Gasteiger partial charge is 0.374 e. The molecular weight excluding hydrogens is 192 g/mol. The summed E-state index contributed by atoms with van der Waals surface area (Å²) >= 11 is 7.62. The summed E-state index contributed by atoms with van der Waals surface area (Å²) in [6.45, 7) is 4.31. The Labute approximate surface area is 84.2 Å². The minimum atomic E-state index is 0.474. The molecule has 1 aliphatic heterocycles. The van der Waals surface area contributed by atoms with Crippen LogP contribution in [0.1, 0.15) is 26.7 Å². The van der Waals surface area contributed by atoms with E-state index in [1.54, 1.807) is 0 Å². The molecular formula is C9H17ClOS. The SMILES string of the molecule is CC1CCC(CSC(C)CCl)O1. The molecule has 3 unspecified atom stereocenters. The van der Waals surface area contributed by atoms with E-state index in [9.17, 15) is 0 Å². The minimum Gasteiger partial charge on any atom is -0.374 e. The van der Waals surface area contributed by atoms with Gasteiger partial charge in [-0.15, -0.1) is 11.6 Å². The fraction of sp³-hybridized carbons (Fsp3) is 1.00. The first-order valence-corrected chi connectivity index (χ1v) is 6.13. The van der Waals surface area contributed by atoms with E-state index in [4.69, 9.17) is 16.3 Å². The lowest BCUT2D eigenvalue weighted by molar-refractivity contribution is 0.0699. The van der Waals surface area contributed by atoms with Crippen LogP contribution in [0.4, 0.5) is 0 Å². The summed E-state index contributed by atoms with van der Waals surface area (Å²) in [5.74, 6) is 1.85. The predicted octanol–water partition coefficient (Wildman–Crippen LogP) is 2.91. The van der Waals surface area contributed by atoms with E-state index in [1.807, 2.05) is 11.8 Å². The number of hydrogen-bond acceptors (Lipinski definition) is 2. The standard InChI is InChI=1S/C9H17ClOS/c1-7-3-4-9(11-7)6-12-8(2)5-10/h7-9H,3-6H2,1-2H3. The van der Waals surface area contributed by atoms with Gasteiger partial charge in [0.1, 0.15) is 0 Å². The third-order valence-corrected chi connectivity index (χ3v) is 4.05. The van der Waals surface area contributed by atoms with Crippen molar-refractivity contribution in [1.29, 1.82) is 0 Å². The minimum absolute atomic E-state index is 0.474. The van der Waals surface area contributed by atoms with Crippen molar-refractivity contribution in [2.24, 2.45) is 0 Å². The maximum atomic E-state index is 5.70. The molecule has 3 heteroatoms. The topological polar surface area (TPSA) is 9.23 Å². The summed E-state index contributed by atoms with van der Waals surface area (Å²) in [6, 6.07) is 0. The van der Waals surface area contributed by atoms with Crippen molar-refractivity contribution in [1.82, 2.24) is 0 Å². The van der Waals surface area contributed by atoms with Crippen molar-refractivity contribution >= 4 is 23.4 Å². The molecule has 0 bridgehead atoms. The quantitative estimate of drug-likeness (QED) is 0.658. The maximum Gasteiger partial charge on any atom is 0.0670 e. The zero-order valence-corrected chi connectivity index (χ0v) is 9.33.